The molecule has 1 aliphatic rings. The number of hydrogen-bond donors (Lipinski definition) is 1. The molecule has 1 fully saturated rings. The van der Waals surface area contributed by atoms with Crippen LogP contribution in [0.25, 0.3) is 11.1 Å². The molecular weight excluding hydrogens is 384 g/mol. The summed E-state index contributed by atoms with van der Waals surface area (Å²) >= 11 is 0. The fraction of sp³-hybridized carbons (Fsp3) is 0.296. The topological polar surface area (TPSA) is 41.6 Å². The zero-order chi connectivity index (χ0) is 21.5. The Morgan fingerprint density at radius 1 is 0.935 bits per heavy atom. The van der Waals surface area contributed by atoms with E-state index >= 15 is 0 Å². The van der Waals surface area contributed by atoms with Crippen molar-refractivity contribution in [3.8, 4) is 16.9 Å². The van der Waals surface area contributed by atoms with Gasteiger partial charge in [-0.2, -0.15) is 0 Å². The smallest absolute Gasteiger partial charge is 0.224 e. The van der Waals surface area contributed by atoms with Gasteiger partial charge in [-0.3, -0.25) is 9.69 Å². The first-order valence-electron chi connectivity index (χ1n) is 11.0. The summed E-state index contributed by atoms with van der Waals surface area (Å²) in [4.78, 5) is 15.0. The Bertz CT molecular complexity index is 1010. The summed E-state index contributed by atoms with van der Waals surface area (Å²) in [6, 6.07) is 24.8. The van der Waals surface area contributed by atoms with Crippen molar-refractivity contribution in [2.75, 3.05) is 20.2 Å². The van der Waals surface area contributed by atoms with E-state index in [0.717, 1.165) is 29.0 Å². The normalized spacial score (nSPS) is 13.8. The SMILES string of the molecule is COc1cccc(CC(=O)NCc2ccccc2-c2ccc(CN3CCCC3)cc2)c1. The maximum atomic E-state index is 12.5. The minimum Gasteiger partial charge on any atom is -0.497 e. The summed E-state index contributed by atoms with van der Waals surface area (Å²) < 4.78 is 5.24. The lowest BCUT2D eigenvalue weighted by Crippen LogP contribution is -2.24. The van der Waals surface area contributed by atoms with E-state index < -0.39 is 0 Å². The fourth-order valence-corrected chi connectivity index (χ4v) is 4.17. The van der Waals surface area contributed by atoms with Crippen LogP contribution in [0.4, 0.5) is 0 Å². The van der Waals surface area contributed by atoms with Crippen LogP contribution in [-0.2, 0) is 24.3 Å². The monoisotopic (exact) mass is 414 g/mol. The van der Waals surface area contributed by atoms with Gasteiger partial charge < -0.3 is 10.1 Å². The summed E-state index contributed by atoms with van der Waals surface area (Å²) in [5.74, 6) is 0.771. The molecule has 31 heavy (non-hydrogen) atoms. The van der Waals surface area contributed by atoms with Crippen molar-refractivity contribution in [1.82, 2.24) is 10.2 Å². The summed E-state index contributed by atoms with van der Waals surface area (Å²) in [6.07, 6.45) is 2.97. The van der Waals surface area contributed by atoms with E-state index in [4.69, 9.17) is 4.74 Å². The van der Waals surface area contributed by atoms with Crippen molar-refractivity contribution in [2.24, 2.45) is 0 Å². The van der Waals surface area contributed by atoms with Crippen LogP contribution in [-0.4, -0.2) is 31.0 Å². The van der Waals surface area contributed by atoms with Gasteiger partial charge in [-0.1, -0.05) is 60.7 Å². The number of methoxy groups -OCH3 is 1. The van der Waals surface area contributed by atoms with E-state index in [0.29, 0.717) is 13.0 Å². The number of nitrogens with one attached hydrogen (secondary N) is 1. The van der Waals surface area contributed by atoms with E-state index in [1.807, 2.05) is 30.3 Å². The van der Waals surface area contributed by atoms with E-state index in [-0.39, 0.29) is 5.91 Å². The number of carbonyl (C=O) groups is 1. The summed E-state index contributed by atoms with van der Waals surface area (Å²) in [5.41, 5.74) is 5.77. The third-order valence-corrected chi connectivity index (χ3v) is 5.86. The molecule has 0 atom stereocenters. The molecule has 0 spiro atoms. The van der Waals surface area contributed by atoms with Crippen molar-refractivity contribution in [1.29, 1.82) is 0 Å². The van der Waals surface area contributed by atoms with Crippen LogP contribution in [0.1, 0.15) is 29.5 Å². The Kier molecular flexibility index (Phi) is 7.00. The first-order chi connectivity index (χ1) is 15.2. The second-order valence-electron chi connectivity index (χ2n) is 8.14. The number of likely N-dealkylation sites (tertiary alicyclic amines) is 1. The highest BCUT2D eigenvalue weighted by Gasteiger charge is 2.12. The number of hydrogen-bond acceptors (Lipinski definition) is 3. The molecule has 1 aliphatic heterocycles. The zero-order valence-electron chi connectivity index (χ0n) is 18.1. The van der Waals surface area contributed by atoms with Gasteiger partial charge in [-0.05, 0) is 65.9 Å². The van der Waals surface area contributed by atoms with Crippen LogP contribution < -0.4 is 10.1 Å². The van der Waals surface area contributed by atoms with Gasteiger partial charge in [0.05, 0.1) is 13.5 Å². The Labute approximate surface area is 184 Å². The second kappa shape index (κ2) is 10.3. The Hall–Kier alpha value is -3.11. The second-order valence-corrected chi connectivity index (χ2v) is 8.14. The molecular formula is C27H30N2O2. The number of benzene rings is 3. The number of carbonyl (C=O) groups excluding carboxylic acids is 1. The number of rotatable bonds is 8. The molecule has 1 saturated heterocycles. The molecule has 0 unspecified atom stereocenters. The molecule has 1 heterocycles. The minimum absolute atomic E-state index is 0.00372. The molecule has 4 heteroatoms. The van der Waals surface area contributed by atoms with E-state index in [1.54, 1.807) is 7.11 Å². The molecule has 0 bridgehead atoms. The van der Waals surface area contributed by atoms with Gasteiger partial charge in [0.15, 0.2) is 0 Å². The number of ether oxygens (including phenoxy) is 1. The van der Waals surface area contributed by atoms with Crippen LogP contribution in [0.5, 0.6) is 5.75 Å². The van der Waals surface area contributed by atoms with E-state index in [1.165, 1.54) is 37.1 Å². The van der Waals surface area contributed by atoms with Crippen molar-refractivity contribution >= 4 is 5.91 Å². The van der Waals surface area contributed by atoms with E-state index in [9.17, 15) is 4.79 Å². The predicted molar refractivity (Wildman–Crippen MR) is 125 cm³/mol. The quantitative estimate of drug-likeness (QED) is 0.575. The van der Waals surface area contributed by atoms with Gasteiger partial charge in [0.1, 0.15) is 5.75 Å². The van der Waals surface area contributed by atoms with Gasteiger partial charge in [0.25, 0.3) is 0 Å². The average Bonchev–Trinajstić information content (AvgIpc) is 3.32. The molecule has 1 amide bonds. The Morgan fingerprint density at radius 3 is 2.48 bits per heavy atom. The van der Waals surface area contributed by atoms with Crippen LogP contribution in [0.3, 0.4) is 0 Å². The highest BCUT2D eigenvalue weighted by atomic mass is 16.5. The summed E-state index contributed by atoms with van der Waals surface area (Å²) in [7, 11) is 1.63. The van der Waals surface area contributed by atoms with Crippen molar-refractivity contribution in [3.05, 3.63) is 89.5 Å². The molecule has 0 saturated carbocycles. The molecule has 160 valence electrons. The lowest BCUT2D eigenvalue weighted by atomic mass is 9.98. The summed E-state index contributed by atoms with van der Waals surface area (Å²) in [5, 5.41) is 3.07. The van der Waals surface area contributed by atoms with Crippen LogP contribution in [0.15, 0.2) is 72.8 Å². The molecule has 3 aromatic carbocycles. The minimum atomic E-state index is 0.00372. The van der Waals surface area contributed by atoms with Gasteiger partial charge in [0, 0.05) is 13.1 Å². The zero-order valence-corrected chi connectivity index (χ0v) is 18.1. The van der Waals surface area contributed by atoms with Gasteiger partial charge >= 0.3 is 0 Å². The Balaban J connectivity index is 1.39. The number of nitrogens with zero attached hydrogens (tertiary/aromatic N) is 1. The van der Waals surface area contributed by atoms with Crippen molar-refractivity contribution in [3.63, 3.8) is 0 Å². The molecule has 4 nitrogen and oxygen atoms in total. The largest absolute Gasteiger partial charge is 0.497 e. The Morgan fingerprint density at radius 2 is 1.71 bits per heavy atom. The first kappa shape index (κ1) is 21.1. The van der Waals surface area contributed by atoms with Crippen LogP contribution in [0.2, 0.25) is 0 Å². The van der Waals surface area contributed by atoms with Crippen molar-refractivity contribution in [2.45, 2.75) is 32.4 Å². The van der Waals surface area contributed by atoms with Crippen LogP contribution in [0, 0.1) is 0 Å². The predicted octanol–water partition coefficient (Wildman–Crippen LogP) is 4.82. The third kappa shape index (κ3) is 5.74. The maximum absolute atomic E-state index is 12.5. The lowest BCUT2D eigenvalue weighted by molar-refractivity contribution is -0.120. The summed E-state index contributed by atoms with van der Waals surface area (Å²) in [6.45, 7) is 3.96. The van der Waals surface area contributed by atoms with Gasteiger partial charge in [0.2, 0.25) is 5.91 Å². The third-order valence-electron chi connectivity index (χ3n) is 5.86. The molecule has 4 rings (SSSR count). The standard InChI is InChI=1S/C27H30N2O2/c1-31-25-9-6-7-22(17-25)18-27(30)28-19-24-8-2-3-10-26(24)23-13-11-21(12-14-23)20-29-15-4-5-16-29/h2-3,6-14,17H,4-5,15-16,18-20H2,1H3,(H,28,30). The van der Waals surface area contributed by atoms with Gasteiger partial charge in [-0.15, -0.1) is 0 Å². The fourth-order valence-electron chi connectivity index (χ4n) is 4.17. The highest BCUT2D eigenvalue weighted by molar-refractivity contribution is 5.79. The molecule has 0 aliphatic carbocycles. The van der Waals surface area contributed by atoms with Crippen molar-refractivity contribution < 1.29 is 9.53 Å². The molecule has 0 aromatic heterocycles. The van der Waals surface area contributed by atoms with Crippen LogP contribution >= 0.6 is 0 Å². The lowest BCUT2D eigenvalue weighted by Gasteiger charge is -2.15. The molecule has 3 aromatic rings. The maximum Gasteiger partial charge on any atom is 0.224 e. The molecule has 1 N–H and O–H groups in total. The number of amides is 1. The van der Waals surface area contributed by atoms with Gasteiger partial charge in [-0.25, -0.2) is 0 Å². The first-order valence-corrected chi connectivity index (χ1v) is 11.0. The van der Waals surface area contributed by atoms with E-state index in [2.05, 4.69) is 52.7 Å². The average molecular weight is 415 g/mol. The molecule has 0 radical (unpaired) electrons. The highest BCUT2D eigenvalue weighted by Crippen LogP contribution is 2.25.